The third-order valence-electron chi connectivity index (χ3n) is 3.67. The maximum atomic E-state index is 12.9. The number of nitrogens with one attached hydrogen (secondary N) is 1. The summed E-state index contributed by atoms with van der Waals surface area (Å²) < 4.78 is 12.9. The lowest BCUT2D eigenvalue weighted by Crippen LogP contribution is -2.33. The molecule has 0 bridgehead atoms. The van der Waals surface area contributed by atoms with Crippen LogP contribution >= 0.6 is 0 Å². The van der Waals surface area contributed by atoms with E-state index < -0.39 is 0 Å². The van der Waals surface area contributed by atoms with Crippen molar-refractivity contribution in [2.75, 3.05) is 6.54 Å². The van der Waals surface area contributed by atoms with E-state index in [-0.39, 0.29) is 11.2 Å². The van der Waals surface area contributed by atoms with Gasteiger partial charge in [-0.15, -0.1) is 0 Å². The molecule has 2 heteroatoms. The highest BCUT2D eigenvalue weighted by Gasteiger charge is 2.20. The maximum Gasteiger partial charge on any atom is 0.0934 e. The van der Waals surface area contributed by atoms with Gasteiger partial charge in [-0.3, -0.25) is 0 Å². The van der Waals surface area contributed by atoms with Gasteiger partial charge in [0.15, 0.2) is 0 Å². The Morgan fingerprint density at radius 2 is 1.83 bits per heavy atom. The van der Waals surface area contributed by atoms with Crippen molar-refractivity contribution in [3.8, 4) is 0 Å². The molecule has 0 amide bonds. The minimum atomic E-state index is -0.0832. The standard InChI is InChI=1S/C16H32FN/c1-8-15(4,5)12-14(3)18-10-9-16(6,7)11-13(2)17/h11,14,18H,8-10,12H2,1-7H3/b13-11+. The molecule has 0 aromatic rings. The number of hydrogen-bond acceptors (Lipinski definition) is 1. The molecule has 0 saturated heterocycles. The van der Waals surface area contributed by atoms with Crippen LogP contribution in [0.4, 0.5) is 4.39 Å². The van der Waals surface area contributed by atoms with Gasteiger partial charge in [-0.25, -0.2) is 4.39 Å². The highest BCUT2D eigenvalue weighted by Crippen LogP contribution is 2.27. The number of halogens is 1. The summed E-state index contributed by atoms with van der Waals surface area (Å²) in [6.07, 6.45) is 5.07. The largest absolute Gasteiger partial charge is 0.314 e. The third kappa shape index (κ3) is 8.68. The summed E-state index contributed by atoms with van der Waals surface area (Å²) in [6, 6.07) is 0.520. The Bertz CT molecular complexity index is 262. The van der Waals surface area contributed by atoms with E-state index in [0.29, 0.717) is 11.5 Å². The number of allylic oxidation sites excluding steroid dienone is 2. The molecule has 0 aliphatic carbocycles. The van der Waals surface area contributed by atoms with E-state index in [0.717, 1.165) is 13.0 Å². The van der Waals surface area contributed by atoms with Gasteiger partial charge >= 0.3 is 0 Å². The topological polar surface area (TPSA) is 12.0 Å². The van der Waals surface area contributed by atoms with Crippen LogP contribution in [-0.4, -0.2) is 12.6 Å². The van der Waals surface area contributed by atoms with Gasteiger partial charge in [0, 0.05) is 6.04 Å². The fourth-order valence-corrected chi connectivity index (χ4v) is 2.30. The lowest BCUT2D eigenvalue weighted by atomic mass is 9.83. The average molecular weight is 257 g/mol. The summed E-state index contributed by atoms with van der Waals surface area (Å²) in [6.45, 7) is 15.7. The first-order valence-electron chi connectivity index (χ1n) is 7.16. The van der Waals surface area contributed by atoms with Gasteiger partial charge in [0.05, 0.1) is 5.83 Å². The smallest absolute Gasteiger partial charge is 0.0934 e. The monoisotopic (exact) mass is 257 g/mol. The second-order valence-electron chi connectivity index (χ2n) is 7.05. The predicted octanol–water partition coefficient (Wildman–Crippen LogP) is 5.08. The summed E-state index contributed by atoms with van der Waals surface area (Å²) >= 11 is 0. The van der Waals surface area contributed by atoms with E-state index in [4.69, 9.17) is 0 Å². The van der Waals surface area contributed by atoms with Gasteiger partial charge in [-0.2, -0.15) is 0 Å². The van der Waals surface area contributed by atoms with Crippen molar-refractivity contribution in [1.82, 2.24) is 5.32 Å². The molecule has 0 saturated carbocycles. The van der Waals surface area contributed by atoms with E-state index >= 15 is 0 Å². The molecule has 1 N–H and O–H groups in total. The molecule has 0 aromatic heterocycles. The Kier molecular flexibility index (Phi) is 7.13. The molecule has 0 heterocycles. The molecule has 0 aromatic carbocycles. The van der Waals surface area contributed by atoms with Crippen molar-refractivity contribution in [2.45, 2.75) is 73.8 Å². The molecule has 18 heavy (non-hydrogen) atoms. The summed E-state index contributed by atoms with van der Waals surface area (Å²) in [7, 11) is 0. The molecule has 1 atom stereocenters. The lowest BCUT2D eigenvalue weighted by molar-refractivity contribution is 0.273. The highest BCUT2D eigenvalue weighted by atomic mass is 19.1. The molecule has 0 aliphatic rings. The SMILES string of the molecule is CCC(C)(C)CC(C)NCCC(C)(C)/C=C(\C)F. The molecule has 108 valence electrons. The van der Waals surface area contributed by atoms with Crippen molar-refractivity contribution in [3.05, 3.63) is 11.9 Å². The Morgan fingerprint density at radius 3 is 2.28 bits per heavy atom. The molecule has 0 rings (SSSR count). The Labute approximate surface area is 113 Å². The van der Waals surface area contributed by atoms with E-state index in [1.165, 1.54) is 19.8 Å². The first kappa shape index (κ1) is 17.6. The van der Waals surface area contributed by atoms with Crippen molar-refractivity contribution in [3.63, 3.8) is 0 Å². The van der Waals surface area contributed by atoms with E-state index in [1.54, 1.807) is 6.08 Å². The van der Waals surface area contributed by atoms with Crippen LogP contribution in [0.1, 0.15) is 67.7 Å². The summed E-state index contributed by atoms with van der Waals surface area (Å²) in [4.78, 5) is 0. The fraction of sp³-hybridized carbons (Fsp3) is 0.875. The molecule has 0 aliphatic heterocycles. The minimum absolute atomic E-state index is 0.0637. The Hall–Kier alpha value is -0.370. The quantitative estimate of drug-likeness (QED) is 0.639. The Balaban J connectivity index is 4.02. The van der Waals surface area contributed by atoms with Crippen LogP contribution in [0.15, 0.2) is 11.9 Å². The van der Waals surface area contributed by atoms with Gasteiger partial charge in [-0.1, -0.05) is 41.0 Å². The number of hydrogen-bond donors (Lipinski definition) is 1. The van der Waals surface area contributed by atoms with Crippen molar-refractivity contribution in [1.29, 1.82) is 0 Å². The van der Waals surface area contributed by atoms with Crippen LogP contribution in [0, 0.1) is 10.8 Å². The number of rotatable bonds is 8. The van der Waals surface area contributed by atoms with Gasteiger partial charge in [-0.05, 0) is 50.1 Å². The van der Waals surface area contributed by atoms with Crippen LogP contribution in [0.3, 0.4) is 0 Å². The molecular formula is C16H32FN. The van der Waals surface area contributed by atoms with Crippen LogP contribution < -0.4 is 5.32 Å². The lowest BCUT2D eigenvalue weighted by Gasteiger charge is -2.28. The predicted molar refractivity (Wildman–Crippen MR) is 79.4 cm³/mol. The van der Waals surface area contributed by atoms with E-state index in [9.17, 15) is 4.39 Å². The molecule has 1 unspecified atom stereocenters. The zero-order valence-electron chi connectivity index (χ0n) is 13.4. The van der Waals surface area contributed by atoms with Crippen molar-refractivity contribution >= 4 is 0 Å². The van der Waals surface area contributed by atoms with E-state index in [1.807, 2.05) is 0 Å². The Morgan fingerprint density at radius 1 is 1.28 bits per heavy atom. The first-order valence-corrected chi connectivity index (χ1v) is 7.16. The molecule has 0 spiro atoms. The summed E-state index contributed by atoms with van der Waals surface area (Å²) in [5, 5.41) is 3.55. The van der Waals surface area contributed by atoms with E-state index in [2.05, 4.69) is 46.9 Å². The molecule has 0 fully saturated rings. The van der Waals surface area contributed by atoms with Gasteiger partial charge < -0.3 is 5.32 Å². The zero-order chi connectivity index (χ0) is 14.4. The van der Waals surface area contributed by atoms with Crippen LogP contribution in [0.25, 0.3) is 0 Å². The van der Waals surface area contributed by atoms with Gasteiger partial charge in [0.1, 0.15) is 0 Å². The summed E-state index contributed by atoms with van der Waals surface area (Å²) in [5.74, 6) is -0.0832. The van der Waals surface area contributed by atoms with Crippen LogP contribution in [0.2, 0.25) is 0 Å². The average Bonchev–Trinajstić information content (AvgIpc) is 2.14. The third-order valence-corrected chi connectivity index (χ3v) is 3.67. The molecular weight excluding hydrogens is 225 g/mol. The highest BCUT2D eigenvalue weighted by molar-refractivity contribution is 4.98. The van der Waals surface area contributed by atoms with Gasteiger partial charge in [0.25, 0.3) is 0 Å². The van der Waals surface area contributed by atoms with Gasteiger partial charge in [0.2, 0.25) is 0 Å². The zero-order valence-corrected chi connectivity index (χ0v) is 13.4. The summed E-state index contributed by atoms with van der Waals surface area (Å²) in [5.41, 5.74) is 0.336. The maximum absolute atomic E-state index is 12.9. The van der Waals surface area contributed by atoms with Crippen molar-refractivity contribution in [2.24, 2.45) is 10.8 Å². The normalized spacial score (nSPS) is 15.9. The molecule has 1 nitrogen and oxygen atoms in total. The van der Waals surface area contributed by atoms with Crippen LogP contribution in [0.5, 0.6) is 0 Å². The van der Waals surface area contributed by atoms with Crippen molar-refractivity contribution < 1.29 is 4.39 Å². The first-order chi connectivity index (χ1) is 8.08. The van der Waals surface area contributed by atoms with Crippen LogP contribution in [-0.2, 0) is 0 Å². The fourth-order valence-electron chi connectivity index (χ4n) is 2.30. The second-order valence-corrected chi connectivity index (χ2v) is 7.05. The minimum Gasteiger partial charge on any atom is -0.314 e. The second kappa shape index (κ2) is 7.28. The molecule has 0 radical (unpaired) electrons.